The van der Waals surface area contributed by atoms with Crippen molar-refractivity contribution in [3.05, 3.63) is 46.7 Å². The molecule has 0 spiro atoms. The predicted octanol–water partition coefficient (Wildman–Crippen LogP) is 2.18. The summed E-state index contributed by atoms with van der Waals surface area (Å²) in [6, 6.07) is 6.31. The molecule has 2 aromatic rings. The second-order valence-electron chi connectivity index (χ2n) is 6.04. The second kappa shape index (κ2) is 6.72. The van der Waals surface area contributed by atoms with Crippen LogP contribution in [-0.2, 0) is 6.42 Å². The highest BCUT2D eigenvalue weighted by Crippen LogP contribution is 2.41. The molecule has 1 heterocycles. The van der Waals surface area contributed by atoms with E-state index in [1.54, 1.807) is 12.1 Å². The van der Waals surface area contributed by atoms with Gasteiger partial charge in [0.05, 0.1) is 12.3 Å². The molecule has 1 fully saturated rings. The van der Waals surface area contributed by atoms with Gasteiger partial charge in [-0.15, -0.1) is 5.10 Å². The van der Waals surface area contributed by atoms with E-state index in [0.29, 0.717) is 17.8 Å². The van der Waals surface area contributed by atoms with E-state index in [0.717, 1.165) is 36.4 Å². The lowest BCUT2D eigenvalue weighted by Gasteiger charge is -2.33. The molecule has 0 aliphatic heterocycles. The Balaban J connectivity index is 1.72. The van der Waals surface area contributed by atoms with E-state index in [4.69, 9.17) is 0 Å². The maximum atomic E-state index is 13.1. The zero-order valence-electron chi connectivity index (χ0n) is 12.5. The minimum absolute atomic E-state index is 0.224. The van der Waals surface area contributed by atoms with Gasteiger partial charge in [-0.1, -0.05) is 23.0 Å². The molecule has 0 saturated heterocycles. The van der Waals surface area contributed by atoms with Gasteiger partial charge in [0.1, 0.15) is 10.7 Å². The lowest BCUT2D eigenvalue weighted by Crippen LogP contribution is -2.43. The standard InChI is InChI=1S/C16H18FN3O2S/c17-12-5-3-11(4-6-12)8-16(7-1-2-14(16)21)10-18-15(22)13-9-19-20-23-13/h3-6,9,14,21H,1-2,7-8,10H2,(H,18,22). The molecule has 122 valence electrons. The molecule has 3 rings (SSSR count). The van der Waals surface area contributed by atoms with E-state index in [1.165, 1.54) is 18.3 Å². The quantitative estimate of drug-likeness (QED) is 0.878. The van der Waals surface area contributed by atoms with Gasteiger partial charge in [0, 0.05) is 12.0 Å². The molecule has 1 aliphatic carbocycles. The van der Waals surface area contributed by atoms with Crippen LogP contribution < -0.4 is 5.32 Å². The van der Waals surface area contributed by atoms with E-state index in [9.17, 15) is 14.3 Å². The van der Waals surface area contributed by atoms with Gasteiger partial charge in [-0.25, -0.2) is 4.39 Å². The number of hydrogen-bond acceptors (Lipinski definition) is 5. The van der Waals surface area contributed by atoms with E-state index in [2.05, 4.69) is 14.9 Å². The highest BCUT2D eigenvalue weighted by Gasteiger charge is 2.42. The van der Waals surface area contributed by atoms with Crippen molar-refractivity contribution in [2.75, 3.05) is 6.54 Å². The number of carbonyl (C=O) groups excluding carboxylic acids is 1. The van der Waals surface area contributed by atoms with Crippen LogP contribution in [0.4, 0.5) is 4.39 Å². The summed E-state index contributed by atoms with van der Waals surface area (Å²) in [5.74, 6) is -0.502. The van der Waals surface area contributed by atoms with Crippen LogP contribution in [0.3, 0.4) is 0 Å². The van der Waals surface area contributed by atoms with E-state index < -0.39 is 11.5 Å². The summed E-state index contributed by atoms with van der Waals surface area (Å²) in [5.41, 5.74) is 0.548. The Morgan fingerprint density at radius 3 is 2.83 bits per heavy atom. The van der Waals surface area contributed by atoms with Crippen LogP contribution in [0.1, 0.15) is 34.5 Å². The highest BCUT2D eigenvalue weighted by atomic mass is 32.1. The first-order chi connectivity index (χ1) is 11.1. The van der Waals surface area contributed by atoms with Gasteiger partial charge in [0.2, 0.25) is 0 Å². The lowest BCUT2D eigenvalue weighted by molar-refractivity contribution is 0.0501. The average Bonchev–Trinajstić information content (AvgIpc) is 3.19. The van der Waals surface area contributed by atoms with Crippen LogP contribution in [0.15, 0.2) is 30.5 Å². The van der Waals surface area contributed by atoms with Crippen molar-refractivity contribution in [2.24, 2.45) is 5.41 Å². The van der Waals surface area contributed by atoms with Crippen molar-refractivity contribution in [3.63, 3.8) is 0 Å². The molecule has 2 N–H and O–H groups in total. The van der Waals surface area contributed by atoms with E-state index >= 15 is 0 Å². The number of halogens is 1. The topological polar surface area (TPSA) is 75.1 Å². The molecular weight excluding hydrogens is 317 g/mol. The summed E-state index contributed by atoms with van der Waals surface area (Å²) in [4.78, 5) is 12.5. The molecule has 7 heteroatoms. The van der Waals surface area contributed by atoms with Gasteiger partial charge in [-0.2, -0.15) is 0 Å². The molecule has 5 nitrogen and oxygen atoms in total. The molecular formula is C16H18FN3O2S. The summed E-state index contributed by atoms with van der Waals surface area (Å²) in [5, 5.41) is 17.0. The van der Waals surface area contributed by atoms with Crippen molar-refractivity contribution in [2.45, 2.75) is 31.8 Å². The second-order valence-corrected chi connectivity index (χ2v) is 6.82. The largest absolute Gasteiger partial charge is 0.392 e. The fourth-order valence-electron chi connectivity index (χ4n) is 3.21. The Morgan fingerprint density at radius 1 is 1.43 bits per heavy atom. The Bertz CT molecular complexity index is 662. The van der Waals surface area contributed by atoms with Crippen LogP contribution in [0, 0.1) is 11.2 Å². The van der Waals surface area contributed by atoms with Gasteiger partial charge in [0.25, 0.3) is 5.91 Å². The number of nitrogens with zero attached hydrogens (tertiary/aromatic N) is 2. The van der Waals surface area contributed by atoms with Gasteiger partial charge in [0.15, 0.2) is 0 Å². The number of nitrogens with one attached hydrogen (secondary N) is 1. The van der Waals surface area contributed by atoms with Gasteiger partial charge in [-0.3, -0.25) is 4.79 Å². The number of carbonyl (C=O) groups is 1. The van der Waals surface area contributed by atoms with Gasteiger partial charge >= 0.3 is 0 Å². The van der Waals surface area contributed by atoms with Crippen LogP contribution in [0.25, 0.3) is 0 Å². The third kappa shape index (κ3) is 3.56. The first-order valence-corrected chi connectivity index (χ1v) is 8.34. The van der Waals surface area contributed by atoms with Gasteiger partial charge in [-0.05, 0) is 48.5 Å². The maximum Gasteiger partial charge on any atom is 0.264 e. The summed E-state index contributed by atoms with van der Waals surface area (Å²) in [7, 11) is 0. The van der Waals surface area contributed by atoms with Crippen molar-refractivity contribution < 1.29 is 14.3 Å². The molecule has 2 atom stereocenters. The number of hydrogen-bond donors (Lipinski definition) is 2. The lowest BCUT2D eigenvalue weighted by atomic mass is 9.78. The first kappa shape index (κ1) is 16.0. The zero-order chi connectivity index (χ0) is 16.3. The highest BCUT2D eigenvalue weighted by molar-refractivity contribution is 7.07. The Hall–Kier alpha value is -1.86. The van der Waals surface area contributed by atoms with E-state index in [-0.39, 0.29) is 11.7 Å². The molecule has 23 heavy (non-hydrogen) atoms. The molecule has 0 bridgehead atoms. The number of benzene rings is 1. The SMILES string of the molecule is O=C(NCC1(Cc2ccc(F)cc2)CCCC1O)c1cnns1. The smallest absolute Gasteiger partial charge is 0.264 e. The Kier molecular flexibility index (Phi) is 4.68. The normalized spacial score (nSPS) is 23.8. The molecule has 1 saturated carbocycles. The van der Waals surface area contributed by atoms with Crippen molar-refractivity contribution in [1.82, 2.24) is 14.9 Å². The average molecular weight is 335 g/mol. The zero-order valence-corrected chi connectivity index (χ0v) is 13.4. The van der Waals surface area contributed by atoms with Crippen molar-refractivity contribution in [1.29, 1.82) is 0 Å². The molecule has 1 amide bonds. The predicted molar refractivity (Wildman–Crippen MR) is 84.6 cm³/mol. The molecule has 1 aliphatic rings. The maximum absolute atomic E-state index is 13.1. The number of rotatable bonds is 5. The Morgan fingerprint density at radius 2 is 2.22 bits per heavy atom. The third-order valence-electron chi connectivity index (χ3n) is 4.51. The summed E-state index contributed by atoms with van der Waals surface area (Å²) in [6.07, 6.45) is 4.02. The van der Waals surface area contributed by atoms with Crippen LogP contribution >= 0.6 is 11.5 Å². The summed E-state index contributed by atoms with van der Waals surface area (Å²) >= 11 is 1.04. The monoisotopic (exact) mass is 335 g/mol. The third-order valence-corrected chi connectivity index (χ3v) is 5.18. The summed E-state index contributed by atoms with van der Waals surface area (Å²) < 4.78 is 16.7. The Labute approximate surface area is 137 Å². The molecule has 1 aromatic heterocycles. The van der Waals surface area contributed by atoms with Crippen LogP contribution in [-0.4, -0.2) is 33.2 Å². The fraction of sp³-hybridized carbons (Fsp3) is 0.438. The van der Waals surface area contributed by atoms with Crippen molar-refractivity contribution >= 4 is 17.4 Å². The van der Waals surface area contributed by atoms with Crippen LogP contribution in [0.5, 0.6) is 0 Å². The number of amides is 1. The summed E-state index contributed by atoms with van der Waals surface area (Å²) in [6.45, 7) is 0.377. The molecule has 2 unspecified atom stereocenters. The minimum Gasteiger partial charge on any atom is -0.392 e. The fourth-order valence-corrected chi connectivity index (χ4v) is 3.65. The van der Waals surface area contributed by atoms with Crippen LogP contribution in [0.2, 0.25) is 0 Å². The number of aliphatic hydroxyl groups excluding tert-OH is 1. The number of aromatic nitrogens is 2. The van der Waals surface area contributed by atoms with E-state index in [1.807, 2.05) is 0 Å². The first-order valence-electron chi connectivity index (χ1n) is 7.57. The van der Waals surface area contributed by atoms with Crippen molar-refractivity contribution in [3.8, 4) is 0 Å². The number of aliphatic hydroxyl groups is 1. The van der Waals surface area contributed by atoms with Gasteiger partial charge < -0.3 is 10.4 Å². The molecule has 0 radical (unpaired) electrons. The molecule has 1 aromatic carbocycles. The minimum atomic E-state index is -0.479.